The summed E-state index contributed by atoms with van der Waals surface area (Å²) in [6, 6.07) is 11.1. The van der Waals surface area contributed by atoms with Crippen molar-refractivity contribution in [2.45, 2.75) is 25.5 Å². The van der Waals surface area contributed by atoms with Crippen LogP contribution < -0.4 is 5.32 Å². The van der Waals surface area contributed by atoms with Gasteiger partial charge in [-0.25, -0.2) is 4.79 Å². The van der Waals surface area contributed by atoms with Crippen LogP contribution in [0.1, 0.15) is 23.5 Å². The van der Waals surface area contributed by atoms with Crippen LogP contribution in [-0.2, 0) is 11.2 Å². The second-order valence-electron chi connectivity index (χ2n) is 6.03. The van der Waals surface area contributed by atoms with E-state index in [2.05, 4.69) is 11.4 Å². The van der Waals surface area contributed by atoms with Gasteiger partial charge in [0, 0.05) is 23.9 Å². The number of hydrogen-bond acceptors (Lipinski definition) is 4. The van der Waals surface area contributed by atoms with Crippen LogP contribution in [0.4, 0.5) is 4.79 Å². The van der Waals surface area contributed by atoms with Gasteiger partial charge in [-0.3, -0.25) is 0 Å². The molecular weight excluding hydrogens is 324 g/mol. The third kappa shape index (κ3) is 4.27. The smallest absolute Gasteiger partial charge is 0.317 e. The zero-order valence-corrected chi connectivity index (χ0v) is 14.5. The topological polar surface area (TPSA) is 61.8 Å². The van der Waals surface area contributed by atoms with Gasteiger partial charge in [-0.1, -0.05) is 18.2 Å². The predicted molar refractivity (Wildman–Crippen MR) is 94.4 cm³/mol. The van der Waals surface area contributed by atoms with E-state index in [-0.39, 0.29) is 23.9 Å². The fourth-order valence-corrected chi connectivity index (χ4v) is 3.68. The molecule has 1 aromatic carbocycles. The lowest BCUT2D eigenvalue weighted by Crippen LogP contribution is -2.49. The SMILES string of the molecule is C[C@@H](Cc1cccs1)NC(=O)N1CCO[C@H](c2cccc(O)c2)C1. The number of morpholine rings is 1. The van der Waals surface area contributed by atoms with Gasteiger partial charge in [0.2, 0.25) is 0 Å². The molecule has 0 spiro atoms. The van der Waals surface area contributed by atoms with Gasteiger partial charge >= 0.3 is 6.03 Å². The molecule has 1 aromatic heterocycles. The zero-order valence-electron chi connectivity index (χ0n) is 13.6. The van der Waals surface area contributed by atoms with Gasteiger partial charge in [0.05, 0.1) is 13.2 Å². The first-order valence-corrected chi connectivity index (χ1v) is 8.98. The van der Waals surface area contributed by atoms with Crippen molar-refractivity contribution >= 4 is 17.4 Å². The molecule has 0 aliphatic carbocycles. The van der Waals surface area contributed by atoms with Crippen LogP contribution in [0.3, 0.4) is 0 Å². The standard InChI is InChI=1S/C18H22N2O3S/c1-13(10-16-6-3-9-24-16)19-18(22)20-7-8-23-17(12-20)14-4-2-5-15(21)11-14/h2-6,9,11,13,17,21H,7-8,10,12H2,1H3,(H,19,22)/t13-,17-/m0/s1. The summed E-state index contributed by atoms with van der Waals surface area (Å²) in [5, 5.41) is 14.7. The average Bonchev–Trinajstić information content (AvgIpc) is 3.07. The van der Waals surface area contributed by atoms with Crippen molar-refractivity contribution in [2.75, 3.05) is 19.7 Å². The minimum absolute atomic E-state index is 0.0625. The minimum Gasteiger partial charge on any atom is -0.508 e. The van der Waals surface area contributed by atoms with Crippen LogP contribution in [0, 0.1) is 0 Å². The summed E-state index contributed by atoms with van der Waals surface area (Å²) in [5.74, 6) is 0.210. The molecule has 2 amide bonds. The van der Waals surface area contributed by atoms with E-state index in [4.69, 9.17) is 4.74 Å². The Morgan fingerprint density at radius 1 is 1.46 bits per heavy atom. The molecule has 6 heteroatoms. The average molecular weight is 346 g/mol. The van der Waals surface area contributed by atoms with Crippen molar-refractivity contribution in [3.05, 3.63) is 52.2 Å². The highest BCUT2D eigenvalue weighted by atomic mass is 32.1. The number of phenolic OH excluding ortho intramolecular Hbond substituents is 1. The summed E-state index contributed by atoms with van der Waals surface area (Å²) >= 11 is 1.70. The van der Waals surface area contributed by atoms with E-state index >= 15 is 0 Å². The minimum atomic E-state index is -0.204. The van der Waals surface area contributed by atoms with Crippen molar-refractivity contribution in [2.24, 2.45) is 0 Å². The van der Waals surface area contributed by atoms with Crippen LogP contribution >= 0.6 is 11.3 Å². The molecule has 2 atom stereocenters. The molecule has 1 saturated heterocycles. The fraction of sp³-hybridized carbons (Fsp3) is 0.389. The van der Waals surface area contributed by atoms with Crippen molar-refractivity contribution < 1.29 is 14.6 Å². The molecule has 0 saturated carbocycles. The van der Waals surface area contributed by atoms with Crippen molar-refractivity contribution in [3.63, 3.8) is 0 Å². The second kappa shape index (κ2) is 7.68. The molecule has 128 valence electrons. The molecule has 0 radical (unpaired) electrons. The lowest BCUT2D eigenvalue weighted by molar-refractivity contribution is -0.0158. The molecule has 2 aromatic rings. The summed E-state index contributed by atoms with van der Waals surface area (Å²) in [4.78, 5) is 15.5. The highest BCUT2D eigenvalue weighted by Crippen LogP contribution is 2.25. The summed E-state index contributed by atoms with van der Waals surface area (Å²) < 4.78 is 5.76. The summed E-state index contributed by atoms with van der Waals surface area (Å²) in [6.45, 7) is 3.58. The number of nitrogens with zero attached hydrogens (tertiary/aromatic N) is 1. The number of ether oxygens (including phenoxy) is 1. The molecule has 2 N–H and O–H groups in total. The van der Waals surface area contributed by atoms with Crippen LogP contribution in [-0.4, -0.2) is 41.8 Å². The van der Waals surface area contributed by atoms with Crippen molar-refractivity contribution in [1.82, 2.24) is 10.2 Å². The van der Waals surface area contributed by atoms with E-state index in [0.717, 1.165) is 12.0 Å². The molecule has 0 unspecified atom stereocenters. The van der Waals surface area contributed by atoms with E-state index in [0.29, 0.717) is 19.7 Å². The largest absolute Gasteiger partial charge is 0.508 e. The Morgan fingerprint density at radius 3 is 3.08 bits per heavy atom. The number of carbonyl (C=O) groups excluding carboxylic acids is 1. The first-order valence-electron chi connectivity index (χ1n) is 8.10. The first-order chi connectivity index (χ1) is 11.6. The van der Waals surface area contributed by atoms with Crippen LogP contribution in [0.15, 0.2) is 41.8 Å². The van der Waals surface area contributed by atoms with Gasteiger partial charge in [-0.2, -0.15) is 0 Å². The zero-order chi connectivity index (χ0) is 16.9. The van der Waals surface area contributed by atoms with E-state index in [9.17, 15) is 9.90 Å². The Bertz CT molecular complexity index is 675. The summed E-state index contributed by atoms with van der Waals surface area (Å²) in [6.07, 6.45) is 0.633. The normalized spacial score (nSPS) is 19.0. The van der Waals surface area contributed by atoms with E-state index in [1.165, 1.54) is 4.88 Å². The monoisotopic (exact) mass is 346 g/mol. The fourth-order valence-electron chi connectivity index (χ4n) is 2.84. The maximum absolute atomic E-state index is 12.5. The Morgan fingerprint density at radius 2 is 2.33 bits per heavy atom. The van der Waals surface area contributed by atoms with Crippen molar-refractivity contribution in [1.29, 1.82) is 0 Å². The summed E-state index contributed by atoms with van der Waals surface area (Å²) in [5.41, 5.74) is 0.888. The molecule has 3 rings (SSSR count). The Labute approximate surface area is 145 Å². The number of aromatic hydroxyl groups is 1. The third-order valence-electron chi connectivity index (χ3n) is 4.05. The number of benzene rings is 1. The Hall–Kier alpha value is -2.05. The lowest BCUT2D eigenvalue weighted by atomic mass is 10.1. The van der Waals surface area contributed by atoms with Crippen LogP contribution in [0.2, 0.25) is 0 Å². The number of carbonyl (C=O) groups is 1. The molecule has 1 fully saturated rings. The second-order valence-corrected chi connectivity index (χ2v) is 7.07. The van der Waals surface area contributed by atoms with E-state index in [1.807, 2.05) is 24.4 Å². The van der Waals surface area contributed by atoms with E-state index < -0.39 is 0 Å². The lowest BCUT2D eigenvalue weighted by Gasteiger charge is -2.34. The summed E-state index contributed by atoms with van der Waals surface area (Å²) in [7, 11) is 0. The number of urea groups is 1. The van der Waals surface area contributed by atoms with Gasteiger partial charge in [0.25, 0.3) is 0 Å². The van der Waals surface area contributed by atoms with Crippen LogP contribution in [0.25, 0.3) is 0 Å². The van der Waals surface area contributed by atoms with Crippen LogP contribution in [0.5, 0.6) is 5.75 Å². The van der Waals surface area contributed by atoms with E-state index in [1.54, 1.807) is 34.4 Å². The van der Waals surface area contributed by atoms with Crippen molar-refractivity contribution in [3.8, 4) is 5.75 Å². The number of amides is 2. The van der Waals surface area contributed by atoms with Gasteiger partial charge in [-0.15, -0.1) is 11.3 Å². The Balaban J connectivity index is 1.56. The number of rotatable bonds is 4. The predicted octanol–water partition coefficient (Wildman–Crippen LogP) is 3.17. The molecule has 24 heavy (non-hydrogen) atoms. The van der Waals surface area contributed by atoms with Gasteiger partial charge in [0.1, 0.15) is 11.9 Å². The number of phenols is 1. The molecule has 1 aliphatic rings. The number of thiophene rings is 1. The quantitative estimate of drug-likeness (QED) is 0.894. The highest BCUT2D eigenvalue weighted by Gasteiger charge is 2.26. The Kier molecular flexibility index (Phi) is 5.37. The first kappa shape index (κ1) is 16.8. The molecule has 5 nitrogen and oxygen atoms in total. The van der Waals surface area contributed by atoms with Gasteiger partial charge in [-0.05, 0) is 36.1 Å². The number of hydrogen-bond donors (Lipinski definition) is 2. The highest BCUT2D eigenvalue weighted by molar-refractivity contribution is 7.09. The maximum atomic E-state index is 12.5. The number of nitrogens with one attached hydrogen (secondary N) is 1. The van der Waals surface area contributed by atoms with Gasteiger partial charge < -0.3 is 20.1 Å². The third-order valence-corrected chi connectivity index (χ3v) is 4.95. The van der Waals surface area contributed by atoms with Gasteiger partial charge in [0.15, 0.2) is 0 Å². The molecule has 2 heterocycles. The molecular formula is C18H22N2O3S. The molecule has 0 bridgehead atoms. The molecule has 1 aliphatic heterocycles. The maximum Gasteiger partial charge on any atom is 0.317 e.